The van der Waals surface area contributed by atoms with E-state index in [1.807, 2.05) is 0 Å². The summed E-state index contributed by atoms with van der Waals surface area (Å²) in [6.45, 7) is 1.74. The molecule has 0 amide bonds. The summed E-state index contributed by atoms with van der Waals surface area (Å²) in [5.74, 6) is -5.54. The van der Waals surface area contributed by atoms with Crippen LogP contribution in [-0.2, 0) is 9.47 Å². The summed E-state index contributed by atoms with van der Waals surface area (Å²) in [4.78, 5) is 0. The first-order valence-corrected chi connectivity index (χ1v) is 9.45. The molecule has 1 fully saturated rings. The van der Waals surface area contributed by atoms with Gasteiger partial charge < -0.3 is 14.2 Å². The molecule has 1 saturated heterocycles. The van der Waals surface area contributed by atoms with Crippen molar-refractivity contribution in [2.45, 2.75) is 32.0 Å². The Labute approximate surface area is 171 Å². The van der Waals surface area contributed by atoms with Gasteiger partial charge in [-0.15, -0.1) is 0 Å². The number of ether oxygens (including phenoxy) is 3. The molecule has 0 bridgehead atoms. The summed E-state index contributed by atoms with van der Waals surface area (Å²) in [6, 6.07) is 5.67. The molecule has 2 aromatic rings. The Hall–Kier alpha value is -2.45. The molecule has 0 radical (unpaired) electrons. The van der Waals surface area contributed by atoms with Crippen molar-refractivity contribution in [3.63, 3.8) is 0 Å². The fourth-order valence-corrected chi connectivity index (χ4v) is 3.27. The van der Waals surface area contributed by atoms with Crippen LogP contribution in [0, 0.1) is 17.5 Å². The highest BCUT2D eigenvalue weighted by Gasteiger charge is 2.28. The Morgan fingerprint density at radius 2 is 1.63 bits per heavy atom. The van der Waals surface area contributed by atoms with Gasteiger partial charge in [0.05, 0.1) is 20.3 Å². The van der Waals surface area contributed by atoms with Crippen molar-refractivity contribution in [2.24, 2.45) is 0 Å². The highest BCUT2D eigenvalue weighted by Crippen LogP contribution is 2.34. The van der Waals surface area contributed by atoms with E-state index in [1.54, 1.807) is 6.92 Å². The standard InChI is InChI=1S/C22H21F5O3/c1-3-4-16(23)20(27)12-5-6-15(17(24)7-12)14-10-29-22(30-11-14)13-8-18(25)21(28-2)19(26)9-13/h5-9,14,22H,3-4,10-11H2,1-2H3. The van der Waals surface area contributed by atoms with E-state index in [9.17, 15) is 22.0 Å². The molecule has 0 N–H and O–H groups in total. The molecule has 0 atom stereocenters. The maximum Gasteiger partial charge on any atom is 0.190 e. The number of benzene rings is 2. The number of halogens is 5. The summed E-state index contributed by atoms with van der Waals surface area (Å²) in [5, 5.41) is 0. The van der Waals surface area contributed by atoms with Crippen molar-refractivity contribution < 1.29 is 36.2 Å². The zero-order chi connectivity index (χ0) is 21.8. The fraction of sp³-hybridized carbons (Fsp3) is 0.364. The minimum atomic E-state index is -1.08. The molecule has 162 valence electrons. The third-order valence-electron chi connectivity index (χ3n) is 4.80. The van der Waals surface area contributed by atoms with Gasteiger partial charge in [-0.1, -0.05) is 19.1 Å². The van der Waals surface area contributed by atoms with E-state index in [1.165, 1.54) is 12.1 Å². The van der Waals surface area contributed by atoms with Gasteiger partial charge in [0, 0.05) is 23.5 Å². The highest BCUT2D eigenvalue weighted by atomic mass is 19.2. The van der Waals surface area contributed by atoms with Crippen molar-refractivity contribution in [1.82, 2.24) is 0 Å². The van der Waals surface area contributed by atoms with Crippen LogP contribution in [0.2, 0.25) is 0 Å². The van der Waals surface area contributed by atoms with Gasteiger partial charge in [0.25, 0.3) is 0 Å². The van der Waals surface area contributed by atoms with E-state index >= 15 is 0 Å². The van der Waals surface area contributed by atoms with Crippen LogP contribution in [0.25, 0.3) is 5.83 Å². The maximum absolute atomic E-state index is 14.5. The number of allylic oxidation sites excluding steroid dienone is 1. The van der Waals surface area contributed by atoms with Gasteiger partial charge >= 0.3 is 0 Å². The van der Waals surface area contributed by atoms with E-state index in [4.69, 9.17) is 9.47 Å². The van der Waals surface area contributed by atoms with E-state index in [0.29, 0.717) is 6.42 Å². The molecular formula is C22H21F5O3. The lowest BCUT2D eigenvalue weighted by molar-refractivity contribution is -0.192. The van der Waals surface area contributed by atoms with Crippen molar-refractivity contribution in [1.29, 1.82) is 0 Å². The predicted octanol–water partition coefficient (Wildman–Crippen LogP) is 6.35. The maximum atomic E-state index is 14.5. The Kier molecular flexibility index (Phi) is 7.10. The molecule has 0 aromatic heterocycles. The van der Waals surface area contributed by atoms with E-state index in [0.717, 1.165) is 25.3 Å². The van der Waals surface area contributed by atoms with Gasteiger partial charge in [-0.05, 0) is 30.2 Å². The predicted molar refractivity (Wildman–Crippen MR) is 101 cm³/mol. The zero-order valence-corrected chi connectivity index (χ0v) is 16.5. The first kappa shape index (κ1) is 22.2. The van der Waals surface area contributed by atoms with Crippen LogP contribution < -0.4 is 4.74 Å². The van der Waals surface area contributed by atoms with Gasteiger partial charge in [0.2, 0.25) is 0 Å². The Morgan fingerprint density at radius 3 is 2.17 bits per heavy atom. The quantitative estimate of drug-likeness (QED) is 0.502. The monoisotopic (exact) mass is 428 g/mol. The Bertz CT molecular complexity index is 913. The van der Waals surface area contributed by atoms with E-state index in [2.05, 4.69) is 4.74 Å². The lowest BCUT2D eigenvalue weighted by Gasteiger charge is -2.30. The van der Waals surface area contributed by atoms with Gasteiger partial charge in [0.1, 0.15) is 11.6 Å². The molecule has 3 nitrogen and oxygen atoms in total. The first-order valence-electron chi connectivity index (χ1n) is 9.45. The molecule has 1 heterocycles. The molecule has 0 unspecified atom stereocenters. The van der Waals surface area contributed by atoms with Gasteiger partial charge in [0.15, 0.2) is 29.5 Å². The Morgan fingerprint density at radius 1 is 1.00 bits per heavy atom. The van der Waals surface area contributed by atoms with Crippen molar-refractivity contribution in [2.75, 3.05) is 20.3 Å². The second-order valence-electron chi connectivity index (χ2n) is 6.92. The highest BCUT2D eigenvalue weighted by molar-refractivity contribution is 5.61. The van der Waals surface area contributed by atoms with Crippen LogP contribution in [0.4, 0.5) is 22.0 Å². The van der Waals surface area contributed by atoms with Gasteiger partial charge in [-0.25, -0.2) is 22.0 Å². The largest absolute Gasteiger partial charge is 0.491 e. The number of hydrogen-bond donors (Lipinski definition) is 0. The lowest BCUT2D eigenvalue weighted by atomic mass is 9.97. The summed E-state index contributed by atoms with van der Waals surface area (Å²) in [5.41, 5.74) is 0.161. The molecule has 0 saturated carbocycles. The first-order chi connectivity index (χ1) is 14.3. The van der Waals surface area contributed by atoms with Crippen LogP contribution in [0.3, 0.4) is 0 Å². The molecule has 2 aromatic carbocycles. The third-order valence-corrected chi connectivity index (χ3v) is 4.80. The number of hydrogen-bond acceptors (Lipinski definition) is 3. The molecule has 0 spiro atoms. The van der Waals surface area contributed by atoms with Crippen LogP contribution >= 0.6 is 0 Å². The lowest BCUT2D eigenvalue weighted by Crippen LogP contribution is -2.26. The molecule has 3 rings (SSSR count). The van der Waals surface area contributed by atoms with Crippen LogP contribution in [0.1, 0.15) is 48.7 Å². The molecule has 1 aliphatic rings. The van der Waals surface area contributed by atoms with Gasteiger partial charge in [-0.3, -0.25) is 0 Å². The van der Waals surface area contributed by atoms with Crippen LogP contribution in [0.5, 0.6) is 5.75 Å². The summed E-state index contributed by atoms with van der Waals surface area (Å²) in [7, 11) is 1.15. The summed E-state index contributed by atoms with van der Waals surface area (Å²) >= 11 is 0. The van der Waals surface area contributed by atoms with E-state index in [-0.39, 0.29) is 36.3 Å². The molecule has 1 aliphatic heterocycles. The van der Waals surface area contributed by atoms with Crippen molar-refractivity contribution in [3.05, 3.63) is 70.3 Å². The fourth-order valence-electron chi connectivity index (χ4n) is 3.27. The SMILES string of the molecule is CCCC(F)=C(F)c1ccc(C2COC(c3cc(F)c(OC)c(F)c3)OC2)c(F)c1. The molecule has 8 heteroatoms. The summed E-state index contributed by atoms with van der Waals surface area (Å²) < 4.78 is 85.6. The molecule has 0 aliphatic carbocycles. The third kappa shape index (κ3) is 4.65. The van der Waals surface area contributed by atoms with Crippen LogP contribution in [-0.4, -0.2) is 20.3 Å². The second-order valence-corrected chi connectivity index (χ2v) is 6.92. The minimum Gasteiger partial charge on any atom is -0.491 e. The Balaban J connectivity index is 1.72. The number of rotatable bonds is 6. The summed E-state index contributed by atoms with van der Waals surface area (Å²) in [6.07, 6.45) is -0.658. The van der Waals surface area contributed by atoms with Gasteiger partial charge in [-0.2, -0.15) is 0 Å². The topological polar surface area (TPSA) is 27.7 Å². The normalized spacial score (nSPS) is 20.1. The zero-order valence-electron chi connectivity index (χ0n) is 16.5. The van der Waals surface area contributed by atoms with Crippen LogP contribution in [0.15, 0.2) is 36.2 Å². The van der Waals surface area contributed by atoms with Crippen molar-refractivity contribution >= 4 is 5.83 Å². The second kappa shape index (κ2) is 9.57. The smallest absolute Gasteiger partial charge is 0.190 e. The minimum absolute atomic E-state index is 0.0126. The average molecular weight is 428 g/mol. The molecular weight excluding hydrogens is 407 g/mol. The number of methoxy groups -OCH3 is 1. The average Bonchev–Trinajstić information content (AvgIpc) is 2.73. The molecule has 30 heavy (non-hydrogen) atoms. The van der Waals surface area contributed by atoms with Crippen molar-refractivity contribution in [3.8, 4) is 5.75 Å². The van der Waals surface area contributed by atoms with E-state index < -0.39 is 47.1 Å².